The molecule has 0 radical (unpaired) electrons. The quantitative estimate of drug-likeness (QED) is 0.685. The molecule has 1 unspecified atom stereocenters. The standard InChI is InChI=1S/C20H34N2O2/c1-15(23)17(14-16-10-8-7-9-11-16)21-13-12-20(5,6)18(24)22-19(2,3)4/h7-11,15,17,21,23H,12-14H2,1-6H3,(H,22,24)/t15-,17?/m1/s1. The zero-order chi connectivity index (χ0) is 18.4. The van der Waals surface area contributed by atoms with Crippen molar-refractivity contribution < 1.29 is 9.90 Å². The van der Waals surface area contributed by atoms with Crippen molar-refractivity contribution in [2.45, 2.75) is 72.1 Å². The number of benzene rings is 1. The summed E-state index contributed by atoms with van der Waals surface area (Å²) in [5, 5.41) is 16.5. The second kappa shape index (κ2) is 8.63. The minimum absolute atomic E-state index is 0.0196. The second-order valence-electron chi connectivity index (χ2n) is 8.33. The van der Waals surface area contributed by atoms with Crippen molar-refractivity contribution in [2.75, 3.05) is 6.54 Å². The van der Waals surface area contributed by atoms with Gasteiger partial charge in [-0.3, -0.25) is 4.79 Å². The summed E-state index contributed by atoms with van der Waals surface area (Å²) in [7, 11) is 0. The van der Waals surface area contributed by atoms with E-state index in [0.29, 0.717) is 13.0 Å². The van der Waals surface area contributed by atoms with Gasteiger partial charge in [0.25, 0.3) is 0 Å². The van der Waals surface area contributed by atoms with Gasteiger partial charge >= 0.3 is 0 Å². The normalized spacial score (nSPS) is 15.0. The molecule has 0 aliphatic heterocycles. The molecule has 1 aromatic carbocycles. The van der Waals surface area contributed by atoms with Gasteiger partial charge in [-0.1, -0.05) is 44.2 Å². The van der Waals surface area contributed by atoms with Crippen molar-refractivity contribution >= 4 is 5.91 Å². The van der Waals surface area contributed by atoms with E-state index >= 15 is 0 Å². The van der Waals surface area contributed by atoms with Gasteiger partial charge in [-0.15, -0.1) is 0 Å². The van der Waals surface area contributed by atoms with E-state index in [2.05, 4.69) is 22.8 Å². The van der Waals surface area contributed by atoms with Gasteiger partial charge in [0.1, 0.15) is 0 Å². The van der Waals surface area contributed by atoms with E-state index in [1.165, 1.54) is 5.56 Å². The van der Waals surface area contributed by atoms with Crippen LogP contribution < -0.4 is 10.6 Å². The summed E-state index contributed by atoms with van der Waals surface area (Å²) >= 11 is 0. The van der Waals surface area contributed by atoms with Crippen LogP contribution in [0.4, 0.5) is 0 Å². The van der Waals surface area contributed by atoms with Crippen LogP contribution >= 0.6 is 0 Å². The molecule has 0 heterocycles. The molecule has 1 aromatic rings. The molecule has 0 aromatic heterocycles. The third-order valence-corrected chi connectivity index (χ3v) is 4.14. The molecule has 0 bridgehead atoms. The van der Waals surface area contributed by atoms with Crippen LogP contribution in [0.5, 0.6) is 0 Å². The molecular formula is C20H34N2O2. The van der Waals surface area contributed by atoms with Gasteiger partial charge in [-0.25, -0.2) is 0 Å². The van der Waals surface area contributed by atoms with Gasteiger partial charge in [0, 0.05) is 17.0 Å². The van der Waals surface area contributed by atoms with Gasteiger partial charge in [0.2, 0.25) is 5.91 Å². The first-order chi connectivity index (χ1) is 11.0. The smallest absolute Gasteiger partial charge is 0.226 e. The molecule has 0 saturated heterocycles. The highest BCUT2D eigenvalue weighted by Gasteiger charge is 2.30. The van der Waals surface area contributed by atoms with Gasteiger partial charge in [0.15, 0.2) is 0 Å². The summed E-state index contributed by atoms with van der Waals surface area (Å²) in [4.78, 5) is 12.4. The number of carbonyl (C=O) groups is 1. The van der Waals surface area contributed by atoms with Crippen molar-refractivity contribution in [2.24, 2.45) is 5.41 Å². The third kappa shape index (κ3) is 7.45. The maximum atomic E-state index is 12.4. The first-order valence-electron chi connectivity index (χ1n) is 8.79. The van der Waals surface area contributed by atoms with Gasteiger partial charge in [-0.05, 0) is 52.6 Å². The lowest BCUT2D eigenvalue weighted by molar-refractivity contribution is -0.131. The summed E-state index contributed by atoms with van der Waals surface area (Å²) in [6, 6.07) is 10.1. The van der Waals surface area contributed by atoms with E-state index in [4.69, 9.17) is 0 Å². The number of hydrogen-bond acceptors (Lipinski definition) is 3. The molecule has 0 spiro atoms. The maximum Gasteiger partial charge on any atom is 0.226 e. The first-order valence-corrected chi connectivity index (χ1v) is 8.79. The number of carbonyl (C=O) groups excluding carboxylic acids is 1. The Morgan fingerprint density at radius 1 is 1.12 bits per heavy atom. The maximum absolute atomic E-state index is 12.4. The molecule has 4 nitrogen and oxygen atoms in total. The van der Waals surface area contributed by atoms with Crippen molar-refractivity contribution in [1.29, 1.82) is 0 Å². The monoisotopic (exact) mass is 334 g/mol. The van der Waals surface area contributed by atoms with Crippen molar-refractivity contribution in [1.82, 2.24) is 10.6 Å². The van der Waals surface area contributed by atoms with Crippen LogP contribution in [0.3, 0.4) is 0 Å². The third-order valence-electron chi connectivity index (χ3n) is 4.14. The van der Waals surface area contributed by atoms with Crippen LogP contribution in [0.2, 0.25) is 0 Å². The van der Waals surface area contributed by atoms with E-state index in [9.17, 15) is 9.90 Å². The molecule has 136 valence electrons. The number of hydrogen-bond donors (Lipinski definition) is 3. The van der Waals surface area contributed by atoms with Crippen LogP contribution in [0, 0.1) is 5.41 Å². The average Bonchev–Trinajstić information content (AvgIpc) is 2.45. The summed E-state index contributed by atoms with van der Waals surface area (Å²) in [5.74, 6) is 0.0634. The van der Waals surface area contributed by atoms with Crippen LogP contribution in [-0.2, 0) is 11.2 Å². The Balaban J connectivity index is 2.54. The minimum Gasteiger partial charge on any atom is -0.392 e. The van der Waals surface area contributed by atoms with Crippen LogP contribution in [0.1, 0.15) is 53.5 Å². The molecule has 2 atom stereocenters. The molecule has 3 N–H and O–H groups in total. The molecule has 0 fully saturated rings. The lowest BCUT2D eigenvalue weighted by Crippen LogP contribution is -2.48. The Labute approximate surface area is 147 Å². The number of rotatable bonds is 8. The Morgan fingerprint density at radius 2 is 1.71 bits per heavy atom. The molecule has 1 rings (SSSR count). The molecule has 24 heavy (non-hydrogen) atoms. The van der Waals surface area contributed by atoms with E-state index in [1.54, 1.807) is 6.92 Å². The topological polar surface area (TPSA) is 61.4 Å². The first kappa shape index (κ1) is 20.7. The van der Waals surface area contributed by atoms with E-state index < -0.39 is 11.5 Å². The summed E-state index contributed by atoms with van der Waals surface area (Å²) in [5.41, 5.74) is 0.522. The lowest BCUT2D eigenvalue weighted by atomic mass is 9.87. The number of amides is 1. The minimum atomic E-state index is -0.448. The van der Waals surface area contributed by atoms with E-state index in [1.807, 2.05) is 52.8 Å². The zero-order valence-corrected chi connectivity index (χ0v) is 16.0. The predicted octanol–water partition coefficient (Wildman–Crippen LogP) is 2.90. The summed E-state index contributed by atoms with van der Waals surface area (Å²) < 4.78 is 0. The second-order valence-corrected chi connectivity index (χ2v) is 8.33. The van der Waals surface area contributed by atoms with Crippen molar-refractivity contribution in [3.8, 4) is 0 Å². The molecule has 0 saturated carbocycles. The van der Waals surface area contributed by atoms with Gasteiger partial charge in [-0.2, -0.15) is 0 Å². The SMILES string of the molecule is C[C@@H](O)C(Cc1ccccc1)NCCC(C)(C)C(=O)NC(C)(C)C. The molecular weight excluding hydrogens is 300 g/mol. The highest BCUT2D eigenvalue weighted by molar-refractivity contribution is 5.82. The van der Waals surface area contributed by atoms with Gasteiger partial charge in [0.05, 0.1) is 6.10 Å². The molecule has 0 aliphatic rings. The Hall–Kier alpha value is -1.39. The van der Waals surface area contributed by atoms with Crippen LogP contribution in [0.25, 0.3) is 0 Å². The summed E-state index contributed by atoms with van der Waals surface area (Å²) in [6.07, 6.45) is 1.04. The largest absolute Gasteiger partial charge is 0.392 e. The number of nitrogens with one attached hydrogen (secondary N) is 2. The Morgan fingerprint density at radius 3 is 2.21 bits per heavy atom. The Kier molecular flexibility index (Phi) is 7.43. The van der Waals surface area contributed by atoms with Crippen LogP contribution in [0.15, 0.2) is 30.3 Å². The molecule has 4 heteroatoms. The van der Waals surface area contributed by atoms with Gasteiger partial charge < -0.3 is 15.7 Å². The average molecular weight is 335 g/mol. The highest BCUT2D eigenvalue weighted by atomic mass is 16.3. The number of aliphatic hydroxyl groups is 1. The van der Waals surface area contributed by atoms with Crippen molar-refractivity contribution in [3.63, 3.8) is 0 Å². The zero-order valence-electron chi connectivity index (χ0n) is 16.0. The van der Waals surface area contributed by atoms with Crippen molar-refractivity contribution in [3.05, 3.63) is 35.9 Å². The lowest BCUT2D eigenvalue weighted by Gasteiger charge is -2.30. The fraction of sp³-hybridized carbons (Fsp3) is 0.650. The predicted molar refractivity (Wildman–Crippen MR) is 99.9 cm³/mol. The Bertz CT molecular complexity index is 504. The summed E-state index contributed by atoms with van der Waals surface area (Å²) in [6.45, 7) is 12.4. The fourth-order valence-electron chi connectivity index (χ4n) is 2.47. The van der Waals surface area contributed by atoms with E-state index in [0.717, 1.165) is 6.42 Å². The number of aliphatic hydroxyl groups excluding tert-OH is 1. The van der Waals surface area contributed by atoms with Crippen LogP contribution in [-0.4, -0.2) is 35.2 Å². The fourth-order valence-corrected chi connectivity index (χ4v) is 2.47. The van der Waals surface area contributed by atoms with E-state index in [-0.39, 0.29) is 17.5 Å². The molecule has 1 amide bonds. The highest BCUT2D eigenvalue weighted by Crippen LogP contribution is 2.21. The molecule has 0 aliphatic carbocycles.